The fraction of sp³-hybridized carbons (Fsp3) is 0.389. The van der Waals surface area contributed by atoms with Gasteiger partial charge in [-0.05, 0) is 25.8 Å². The zero-order valence-corrected chi connectivity index (χ0v) is 14.5. The van der Waals surface area contributed by atoms with E-state index in [9.17, 15) is 0 Å². The van der Waals surface area contributed by atoms with Crippen LogP contribution in [0.2, 0.25) is 0 Å². The lowest BCUT2D eigenvalue weighted by atomic mass is 9.93. The molecule has 3 aromatic heterocycles. The fourth-order valence-electron chi connectivity index (χ4n) is 3.32. The lowest BCUT2D eigenvalue weighted by molar-refractivity contribution is 0.492. The van der Waals surface area contributed by atoms with Crippen molar-refractivity contribution < 1.29 is 0 Å². The van der Waals surface area contributed by atoms with Gasteiger partial charge in [-0.25, -0.2) is 19.9 Å². The predicted octanol–water partition coefficient (Wildman–Crippen LogP) is 2.36. The number of piperidine rings is 1. The summed E-state index contributed by atoms with van der Waals surface area (Å²) in [4.78, 5) is 24.3. The molecule has 0 bridgehead atoms. The van der Waals surface area contributed by atoms with Crippen LogP contribution in [0.15, 0.2) is 37.2 Å². The smallest absolute Gasteiger partial charge is 0.131 e. The molecule has 4 heterocycles. The van der Waals surface area contributed by atoms with Crippen LogP contribution < -0.4 is 4.90 Å². The minimum Gasteiger partial charge on any atom is -0.356 e. The van der Waals surface area contributed by atoms with Gasteiger partial charge in [0.15, 0.2) is 0 Å². The molecule has 1 saturated heterocycles. The molecule has 7 nitrogen and oxygen atoms in total. The predicted molar refractivity (Wildman–Crippen MR) is 95.2 cm³/mol. The second kappa shape index (κ2) is 6.58. The van der Waals surface area contributed by atoms with Crippen LogP contribution in [-0.4, -0.2) is 42.6 Å². The minimum atomic E-state index is 0.430. The number of hydrogen-bond donors (Lipinski definition) is 0. The summed E-state index contributed by atoms with van der Waals surface area (Å²) in [5, 5.41) is 0. The molecule has 1 aliphatic heterocycles. The molecule has 1 aliphatic rings. The van der Waals surface area contributed by atoms with E-state index in [-0.39, 0.29) is 0 Å². The van der Waals surface area contributed by atoms with E-state index in [0.717, 1.165) is 54.7 Å². The van der Waals surface area contributed by atoms with Crippen molar-refractivity contribution >= 4 is 5.82 Å². The first kappa shape index (κ1) is 15.7. The number of nitrogens with zero attached hydrogens (tertiary/aromatic N) is 7. The maximum atomic E-state index is 4.87. The lowest BCUT2D eigenvalue weighted by Crippen LogP contribution is -2.33. The van der Waals surface area contributed by atoms with E-state index in [1.807, 2.05) is 43.2 Å². The molecular formula is C18H21N7. The molecule has 128 valence electrons. The van der Waals surface area contributed by atoms with Gasteiger partial charge in [0.1, 0.15) is 23.7 Å². The van der Waals surface area contributed by atoms with Crippen molar-refractivity contribution in [2.24, 2.45) is 7.05 Å². The topological polar surface area (TPSA) is 72.6 Å². The largest absolute Gasteiger partial charge is 0.356 e. The molecular weight excluding hydrogens is 314 g/mol. The van der Waals surface area contributed by atoms with Gasteiger partial charge in [0.25, 0.3) is 0 Å². The van der Waals surface area contributed by atoms with Gasteiger partial charge < -0.3 is 9.47 Å². The Labute approximate surface area is 146 Å². The number of hydrogen-bond acceptors (Lipinski definition) is 6. The zero-order chi connectivity index (χ0) is 17.2. The van der Waals surface area contributed by atoms with Crippen LogP contribution >= 0.6 is 0 Å². The van der Waals surface area contributed by atoms with Crippen molar-refractivity contribution in [3.05, 3.63) is 48.7 Å². The molecule has 0 spiro atoms. The highest BCUT2D eigenvalue weighted by Crippen LogP contribution is 2.29. The number of aromatic nitrogens is 6. The molecule has 0 saturated carbocycles. The lowest BCUT2D eigenvalue weighted by Gasteiger charge is -2.32. The second-order valence-electron chi connectivity index (χ2n) is 6.41. The average molecular weight is 335 g/mol. The summed E-state index contributed by atoms with van der Waals surface area (Å²) in [6.45, 7) is 3.93. The Morgan fingerprint density at radius 3 is 2.56 bits per heavy atom. The van der Waals surface area contributed by atoms with Gasteiger partial charge in [-0.1, -0.05) is 0 Å². The van der Waals surface area contributed by atoms with E-state index in [0.29, 0.717) is 5.92 Å². The van der Waals surface area contributed by atoms with E-state index in [2.05, 4.69) is 24.8 Å². The molecule has 0 aliphatic carbocycles. The molecule has 0 aromatic carbocycles. The van der Waals surface area contributed by atoms with E-state index in [1.165, 1.54) is 0 Å². The number of aryl methyl sites for hydroxylation is 1. The van der Waals surface area contributed by atoms with Crippen molar-refractivity contribution in [1.82, 2.24) is 29.5 Å². The Morgan fingerprint density at radius 1 is 1.04 bits per heavy atom. The Hall–Kier alpha value is -2.83. The van der Waals surface area contributed by atoms with Crippen molar-refractivity contribution in [3.8, 4) is 11.4 Å². The maximum Gasteiger partial charge on any atom is 0.131 e. The van der Waals surface area contributed by atoms with Gasteiger partial charge in [-0.2, -0.15) is 0 Å². The zero-order valence-electron chi connectivity index (χ0n) is 14.5. The first-order chi connectivity index (χ1) is 12.2. The Kier molecular flexibility index (Phi) is 4.13. The quantitative estimate of drug-likeness (QED) is 0.731. The van der Waals surface area contributed by atoms with Gasteiger partial charge in [0, 0.05) is 38.4 Å². The van der Waals surface area contributed by atoms with Gasteiger partial charge in [-0.15, -0.1) is 0 Å². The molecule has 3 aromatic rings. The molecule has 0 N–H and O–H groups in total. The summed E-state index contributed by atoms with van der Waals surface area (Å²) >= 11 is 0. The first-order valence-corrected chi connectivity index (χ1v) is 8.54. The molecule has 0 amide bonds. The molecule has 4 rings (SSSR count). The summed E-state index contributed by atoms with van der Waals surface area (Å²) in [6.07, 6.45) is 11.1. The summed E-state index contributed by atoms with van der Waals surface area (Å²) in [7, 11) is 2.01. The number of anilines is 1. The van der Waals surface area contributed by atoms with Crippen LogP contribution in [0.3, 0.4) is 0 Å². The summed E-state index contributed by atoms with van der Waals surface area (Å²) in [6, 6.07) is 1.96. The third-order valence-electron chi connectivity index (χ3n) is 4.94. The van der Waals surface area contributed by atoms with Crippen LogP contribution in [0.25, 0.3) is 11.4 Å². The number of imidazole rings is 1. The van der Waals surface area contributed by atoms with Crippen molar-refractivity contribution in [2.45, 2.75) is 25.7 Å². The van der Waals surface area contributed by atoms with Gasteiger partial charge in [0.05, 0.1) is 23.8 Å². The molecule has 0 unspecified atom stereocenters. The maximum absolute atomic E-state index is 4.87. The third-order valence-corrected chi connectivity index (χ3v) is 4.94. The van der Waals surface area contributed by atoms with Crippen LogP contribution in [-0.2, 0) is 7.05 Å². The van der Waals surface area contributed by atoms with E-state index < -0.39 is 0 Å². The highest BCUT2D eigenvalue weighted by atomic mass is 15.2. The van der Waals surface area contributed by atoms with Crippen molar-refractivity contribution in [1.29, 1.82) is 0 Å². The summed E-state index contributed by atoms with van der Waals surface area (Å²) in [5.41, 5.74) is 2.96. The Morgan fingerprint density at radius 2 is 1.88 bits per heavy atom. The molecule has 7 heteroatoms. The standard InChI is InChI=1S/C18H21N7/c1-13-21-11-17(24(13)2)16-10-20-9-15(23-16)14-4-7-25(8-5-14)18-3-6-19-12-22-18/h3,6,9-12,14H,4-5,7-8H2,1-2H3. The van der Waals surface area contributed by atoms with Crippen LogP contribution in [0.1, 0.15) is 30.3 Å². The van der Waals surface area contributed by atoms with Crippen LogP contribution in [0, 0.1) is 6.92 Å². The van der Waals surface area contributed by atoms with E-state index in [4.69, 9.17) is 4.98 Å². The average Bonchev–Trinajstić information content (AvgIpc) is 3.02. The third kappa shape index (κ3) is 3.09. The number of rotatable bonds is 3. The SMILES string of the molecule is Cc1ncc(-c2cncc(C3CCN(c4ccncn4)CC3)n2)n1C. The molecule has 0 radical (unpaired) electrons. The van der Waals surface area contributed by atoms with E-state index in [1.54, 1.807) is 12.5 Å². The molecule has 0 atom stereocenters. The summed E-state index contributed by atoms with van der Waals surface area (Å²) < 4.78 is 2.05. The van der Waals surface area contributed by atoms with Gasteiger partial charge in [0.2, 0.25) is 0 Å². The normalized spacial score (nSPS) is 15.5. The van der Waals surface area contributed by atoms with Crippen LogP contribution in [0.4, 0.5) is 5.82 Å². The van der Waals surface area contributed by atoms with Crippen molar-refractivity contribution in [3.63, 3.8) is 0 Å². The van der Waals surface area contributed by atoms with Gasteiger partial charge in [-0.3, -0.25) is 4.98 Å². The van der Waals surface area contributed by atoms with Crippen LogP contribution in [0.5, 0.6) is 0 Å². The minimum absolute atomic E-state index is 0.430. The monoisotopic (exact) mass is 335 g/mol. The van der Waals surface area contributed by atoms with Gasteiger partial charge >= 0.3 is 0 Å². The highest BCUT2D eigenvalue weighted by Gasteiger charge is 2.23. The molecule has 1 fully saturated rings. The van der Waals surface area contributed by atoms with Crippen molar-refractivity contribution in [2.75, 3.05) is 18.0 Å². The first-order valence-electron chi connectivity index (χ1n) is 8.54. The molecule has 25 heavy (non-hydrogen) atoms. The van der Waals surface area contributed by atoms with E-state index >= 15 is 0 Å². The Bertz CT molecular complexity index is 851. The second-order valence-corrected chi connectivity index (χ2v) is 6.41. The fourth-order valence-corrected chi connectivity index (χ4v) is 3.32. The Balaban J connectivity index is 1.50. The highest BCUT2D eigenvalue weighted by molar-refractivity contribution is 5.53. The summed E-state index contributed by atoms with van der Waals surface area (Å²) in [5.74, 6) is 2.40.